The van der Waals surface area contributed by atoms with Crippen LogP contribution in [0.25, 0.3) is 10.9 Å². The van der Waals surface area contributed by atoms with Gasteiger partial charge in [0.25, 0.3) is 11.8 Å². The van der Waals surface area contributed by atoms with E-state index in [0.29, 0.717) is 35.0 Å². The van der Waals surface area contributed by atoms with Gasteiger partial charge in [-0.05, 0) is 50.6 Å². The maximum atomic E-state index is 13.1. The molecule has 1 saturated carbocycles. The number of rotatable bonds is 5. The summed E-state index contributed by atoms with van der Waals surface area (Å²) in [5, 5.41) is 19.5. The highest BCUT2D eigenvalue weighted by Gasteiger charge is 2.34. The molecule has 1 aliphatic heterocycles. The summed E-state index contributed by atoms with van der Waals surface area (Å²) < 4.78 is 0. The molecule has 1 aliphatic carbocycles. The first-order valence-electron chi connectivity index (χ1n) is 11.8. The Hall–Kier alpha value is -3.15. The Morgan fingerprint density at radius 2 is 1.94 bits per heavy atom. The van der Waals surface area contributed by atoms with Gasteiger partial charge in [0.1, 0.15) is 5.69 Å². The van der Waals surface area contributed by atoms with E-state index in [1.54, 1.807) is 24.3 Å². The maximum absolute atomic E-state index is 13.1. The number of halogens is 1. The molecule has 0 radical (unpaired) electrons. The lowest BCUT2D eigenvalue weighted by atomic mass is 9.86. The molecule has 3 amide bonds. The molecule has 12 heteroatoms. The van der Waals surface area contributed by atoms with E-state index in [4.69, 9.17) is 11.6 Å². The largest absolute Gasteiger partial charge is 0.465 e. The highest BCUT2D eigenvalue weighted by atomic mass is 35.5. The van der Waals surface area contributed by atoms with Crippen molar-refractivity contribution in [3.05, 3.63) is 50.6 Å². The van der Waals surface area contributed by atoms with Crippen LogP contribution in [-0.2, 0) is 13.0 Å². The van der Waals surface area contributed by atoms with Gasteiger partial charge in [0.15, 0.2) is 5.01 Å². The zero-order valence-corrected chi connectivity index (χ0v) is 21.2. The number of fused-ring (bicyclic) bond motifs is 2. The molecular weight excluding hydrogens is 504 g/mol. The summed E-state index contributed by atoms with van der Waals surface area (Å²) in [6.45, 7) is 1.69. The lowest BCUT2D eigenvalue weighted by Crippen LogP contribution is -2.57. The number of benzene rings is 1. The fraction of sp³-hybridized carbons (Fsp3) is 0.417. The molecule has 3 atom stereocenters. The minimum absolute atomic E-state index is 0.272. The quantitative estimate of drug-likeness (QED) is 0.343. The SMILES string of the molecule is CN1CCc2nc(C(=O)NC3CCC(NC(=O)O)CC3NC(=O)c3cc4cc(Cl)ccc4[nH]3)sc2C1. The highest BCUT2D eigenvalue weighted by molar-refractivity contribution is 7.13. The molecule has 5 N–H and O–H groups in total. The van der Waals surface area contributed by atoms with Crippen molar-refractivity contribution in [2.24, 2.45) is 0 Å². The molecule has 1 fully saturated rings. The van der Waals surface area contributed by atoms with E-state index in [0.717, 1.165) is 41.0 Å². The predicted molar refractivity (Wildman–Crippen MR) is 137 cm³/mol. The van der Waals surface area contributed by atoms with Crippen LogP contribution in [0.4, 0.5) is 4.79 Å². The molecular formula is C24H27ClN6O4S. The van der Waals surface area contributed by atoms with Crippen LogP contribution >= 0.6 is 22.9 Å². The van der Waals surface area contributed by atoms with Crippen molar-refractivity contribution >= 4 is 51.7 Å². The Kier molecular flexibility index (Phi) is 6.87. The average molecular weight is 531 g/mol. The van der Waals surface area contributed by atoms with E-state index in [9.17, 15) is 19.5 Å². The molecule has 3 unspecified atom stereocenters. The van der Waals surface area contributed by atoms with Gasteiger partial charge in [-0.15, -0.1) is 11.3 Å². The van der Waals surface area contributed by atoms with E-state index in [-0.39, 0.29) is 23.9 Å². The van der Waals surface area contributed by atoms with E-state index < -0.39 is 12.1 Å². The number of amides is 3. The fourth-order valence-electron chi connectivity index (χ4n) is 4.93. The predicted octanol–water partition coefficient (Wildman–Crippen LogP) is 2.98. The summed E-state index contributed by atoms with van der Waals surface area (Å²) in [6, 6.07) is 5.87. The van der Waals surface area contributed by atoms with Crippen LogP contribution in [-0.4, -0.2) is 69.6 Å². The second kappa shape index (κ2) is 10.1. The third-order valence-electron chi connectivity index (χ3n) is 6.75. The molecule has 1 aromatic carbocycles. The van der Waals surface area contributed by atoms with Crippen molar-refractivity contribution in [1.82, 2.24) is 30.8 Å². The molecule has 190 valence electrons. The molecule has 0 saturated heterocycles. The van der Waals surface area contributed by atoms with Crippen molar-refractivity contribution in [2.45, 2.75) is 50.4 Å². The van der Waals surface area contributed by atoms with Gasteiger partial charge in [-0.1, -0.05) is 11.6 Å². The topological polar surface area (TPSA) is 139 Å². The van der Waals surface area contributed by atoms with Gasteiger partial charge in [0, 0.05) is 52.4 Å². The first kappa shape index (κ1) is 24.5. The Balaban J connectivity index is 1.32. The normalized spacial score (nSPS) is 22.1. The van der Waals surface area contributed by atoms with Gasteiger partial charge < -0.3 is 30.9 Å². The molecule has 10 nitrogen and oxygen atoms in total. The monoisotopic (exact) mass is 530 g/mol. The molecule has 2 aromatic heterocycles. The van der Waals surface area contributed by atoms with Gasteiger partial charge in [0.2, 0.25) is 0 Å². The van der Waals surface area contributed by atoms with Gasteiger partial charge >= 0.3 is 6.09 Å². The lowest BCUT2D eigenvalue weighted by molar-refractivity contribution is 0.0849. The zero-order chi connectivity index (χ0) is 25.4. The molecule has 5 rings (SSSR count). The maximum Gasteiger partial charge on any atom is 0.404 e. The van der Waals surface area contributed by atoms with Gasteiger partial charge in [-0.25, -0.2) is 9.78 Å². The van der Waals surface area contributed by atoms with E-state index >= 15 is 0 Å². The van der Waals surface area contributed by atoms with E-state index in [2.05, 4.69) is 30.8 Å². The van der Waals surface area contributed by atoms with Crippen molar-refractivity contribution in [3.8, 4) is 0 Å². The number of hydrogen-bond acceptors (Lipinski definition) is 6. The second-order valence-corrected chi connectivity index (χ2v) is 10.9. The van der Waals surface area contributed by atoms with E-state index in [1.165, 1.54) is 11.3 Å². The smallest absolute Gasteiger partial charge is 0.404 e. The summed E-state index contributed by atoms with van der Waals surface area (Å²) in [5.41, 5.74) is 2.12. The number of likely N-dealkylation sites (N-methyl/N-ethyl adjacent to an activating group) is 1. The number of H-pyrrole nitrogens is 1. The molecule has 36 heavy (non-hydrogen) atoms. The van der Waals surface area contributed by atoms with Gasteiger partial charge in [-0.2, -0.15) is 0 Å². The highest BCUT2D eigenvalue weighted by Crippen LogP contribution is 2.26. The average Bonchev–Trinajstić information content (AvgIpc) is 3.44. The van der Waals surface area contributed by atoms with Crippen LogP contribution in [0.15, 0.2) is 24.3 Å². The molecule has 2 aliphatic rings. The first-order valence-corrected chi connectivity index (χ1v) is 13.0. The minimum atomic E-state index is -1.11. The fourth-order valence-corrected chi connectivity index (χ4v) is 6.20. The second-order valence-electron chi connectivity index (χ2n) is 9.41. The lowest BCUT2D eigenvalue weighted by Gasteiger charge is -2.36. The Bertz CT molecular complexity index is 1320. The van der Waals surface area contributed by atoms with Gasteiger partial charge in [0.05, 0.1) is 11.7 Å². The van der Waals surface area contributed by atoms with Crippen LogP contribution in [0.5, 0.6) is 0 Å². The summed E-state index contributed by atoms with van der Waals surface area (Å²) in [7, 11) is 2.04. The Labute approximate surface area is 216 Å². The summed E-state index contributed by atoms with van der Waals surface area (Å²) in [4.78, 5) is 48.4. The number of thiazole rings is 1. The third-order valence-corrected chi connectivity index (χ3v) is 8.07. The number of nitrogens with one attached hydrogen (secondary N) is 4. The number of carbonyl (C=O) groups excluding carboxylic acids is 2. The van der Waals surface area contributed by atoms with Crippen molar-refractivity contribution in [3.63, 3.8) is 0 Å². The van der Waals surface area contributed by atoms with E-state index in [1.807, 2.05) is 7.05 Å². The van der Waals surface area contributed by atoms with Crippen LogP contribution in [0, 0.1) is 0 Å². The van der Waals surface area contributed by atoms with Crippen molar-refractivity contribution in [2.75, 3.05) is 13.6 Å². The Morgan fingerprint density at radius 3 is 2.75 bits per heavy atom. The van der Waals surface area contributed by atoms with Crippen LogP contribution < -0.4 is 16.0 Å². The summed E-state index contributed by atoms with van der Waals surface area (Å²) >= 11 is 7.47. The van der Waals surface area contributed by atoms with Gasteiger partial charge in [-0.3, -0.25) is 9.59 Å². The standard InChI is InChI=1S/C24H27ClN6O4S/c1-31-7-6-17-20(11-31)36-23(30-17)22(33)28-16-5-3-14(26-24(34)35)10-18(16)29-21(32)19-9-12-8-13(25)2-4-15(12)27-19/h2,4,8-9,14,16,18,26-27H,3,5-7,10-11H2,1H3,(H,28,33)(H,29,32)(H,34,35). The first-order chi connectivity index (χ1) is 17.2. The van der Waals surface area contributed by atoms with Crippen molar-refractivity contribution < 1.29 is 19.5 Å². The number of hydrogen-bond donors (Lipinski definition) is 5. The number of aromatic amines is 1. The van der Waals surface area contributed by atoms with Crippen molar-refractivity contribution in [1.29, 1.82) is 0 Å². The number of carboxylic acid groups (broad SMARTS) is 1. The zero-order valence-electron chi connectivity index (χ0n) is 19.6. The van der Waals surface area contributed by atoms with Crippen LogP contribution in [0.2, 0.25) is 5.02 Å². The summed E-state index contributed by atoms with van der Waals surface area (Å²) in [5.74, 6) is -0.610. The number of aromatic nitrogens is 2. The molecule has 0 spiro atoms. The molecule has 3 aromatic rings. The third kappa shape index (κ3) is 5.32. The number of nitrogens with zero attached hydrogens (tertiary/aromatic N) is 2. The van der Waals surface area contributed by atoms with Crippen LogP contribution in [0.1, 0.15) is 50.1 Å². The number of carbonyl (C=O) groups is 3. The molecule has 0 bridgehead atoms. The van der Waals surface area contributed by atoms with Crippen LogP contribution in [0.3, 0.4) is 0 Å². The minimum Gasteiger partial charge on any atom is -0.465 e. The summed E-state index contributed by atoms with van der Waals surface area (Å²) in [6.07, 6.45) is 1.12. The molecule has 3 heterocycles. The Morgan fingerprint density at radius 1 is 1.14 bits per heavy atom.